The molecule has 16 heavy (non-hydrogen) atoms. The molecular formula is C13H15NO2. The first kappa shape index (κ1) is 12.2. The lowest BCUT2D eigenvalue weighted by molar-refractivity contribution is 0.0601. The van der Waals surface area contributed by atoms with Gasteiger partial charge in [-0.2, -0.15) is 0 Å². The summed E-state index contributed by atoms with van der Waals surface area (Å²) in [6.45, 7) is 3.87. The normalized spacial score (nSPS) is 11.8. The second-order valence-electron chi connectivity index (χ2n) is 3.29. The molecule has 0 heterocycles. The van der Waals surface area contributed by atoms with Gasteiger partial charge in [-0.05, 0) is 44.2 Å². The number of rotatable bonds is 3. The van der Waals surface area contributed by atoms with E-state index in [9.17, 15) is 4.79 Å². The van der Waals surface area contributed by atoms with Gasteiger partial charge < -0.3 is 4.74 Å². The number of hydrogen-bond acceptors (Lipinski definition) is 3. The summed E-state index contributed by atoms with van der Waals surface area (Å²) < 4.78 is 4.61. The van der Waals surface area contributed by atoms with Crippen molar-refractivity contribution in [2.24, 2.45) is 4.99 Å². The summed E-state index contributed by atoms with van der Waals surface area (Å²) in [7, 11) is 1.37. The third kappa shape index (κ3) is 3.35. The number of hydrogen-bond donors (Lipinski definition) is 0. The van der Waals surface area contributed by atoms with Crippen molar-refractivity contribution in [2.75, 3.05) is 7.11 Å². The molecule has 0 radical (unpaired) electrons. The van der Waals surface area contributed by atoms with Crippen molar-refractivity contribution in [1.82, 2.24) is 0 Å². The van der Waals surface area contributed by atoms with Gasteiger partial charge in [-0.1, -0.05) is 6.08 Å². The van der Waals surface area contributed by atoms with Gasteiger partial charge in [-0.3, -0.25) is 4.99 Å². The Hall–Kier alpha value is -1.90. The Balaban J connectivity index is 2.87. The van der Waals surface area contributed by atoms with Crippen LogP contribution in [0.2, 0.25) is 0 Å². The van der Waals surface area contributed by atoms with Gasteiger partial charge in [-0.15, -0.1) is 0 Å². The smallest absolute Gasteiger partial charge is 0.337 e. The topological polar surface area (TPSA) is 38.7 Å². The van der Waals surface area contributed by atoms with Gasteiger partial charge in [-0.25, -0.2) is 4.79 Å². The largest absolute Gasteiger partial charge is 0.465 e. The van der Waals surface area contributed by atoms with E-state index in [1.807, 2.05) is 26.0 Å². The first-order chi connectivity index (χ1) is 7.67. The fourth-order valence-corrected chi connectivity index (χ4v) is 1.27. The Kier molecular flexibility index (Phi) is 4.45. The van der Waals surface area contributed by atoms with Gasteiger partial charge in [0.25, 0.3) is 0 Å². The molecular weight excluding hydrogens is 202 g/mol. The molecule has 84 valence electrons. The van der Waals surface area contributed by atoms with E-state index in [0.717, 1.165) is 11.4 Å². The summed E-state index contributed by atoms with van der Waals surface area (Å²) in [4.78, 5) is 15.5. The highest BCUT2D eigenvalue weighted by molar-refractivity contribution is 5.95. The summed E-state index contributed by atoms with van der Waals surface area (Å²) >= 11 is 0. The minimum Gasteiger partial charge on any atom is -0.465 e. The maximum atomic E-state index is 11.2. The molecule has 0 saturated carbocycles. The number of carbonyl (C=O) groups is 1. The van der Waals surface area contributed by atoms with Crippen LogP contribution in [-0.2, 0) is 4.74 Å². The molecule has 1 aromatic rings. The number of benzene rings is 1. The SMILES string of the molecule is C/C=C\C(C)=Nc1ccc(C(=O)OC)cc1. The number of ether oxygens (including phenoxy) is 1. The molecule has 0 aliphatic rings. The van der Waals surface area contributed by atoms with Crippen molar-refractivity contribution in [2.45, 2.75) is 13.8 Å². The van der Waals surface area contributed by atoms with Crippen molar-refractivity contribution in [3.8, 4) is 0 Å². The monoisotopic (exact) mass is 217 g/mol. The second-order valence-corrected chi connectivity index (χ2v) is 3.29. The van der Waals surface area contributed by atoms with Crippen LogP contribution in [0.25, 0.3) is 0 Å². The number of esters is 1. The number of methoxy groups -OCH3 is 1. The standard InChI is InChI=1S/C13H15NO2/c1-4-5-10(2)14-12-8-6-11(7-9-12)13(15)16-3/h4-9H,1-3H3/b5-4-,14-10?. The molecule has 0 saturated heterocycles. The highest BCUT2D eigenvalue weighted by Crippen LogP contribution is 2.14. The predicted octanol–water partition coefficient (Wildman–Crippen LogP) is 3.14. The van der Waals surface area contributed by atoms with Gasteiger partial charge in [0, 0.05) is 5.71 Å². The number of nitrogens with zero attached hydrogens (tertiary/aromatic N) is 1. The van der Waals surface area contributed by atoms with Crippen molar-refractivity contribution in [3.63, 3.8) is 0 Å². The molecule has 0 fully saturated rings. The molecule has 1 aromatic carbocycles. The minimum absolute atomic E-state index is 0.333. The molecule has 0 bridgehead atoms. The van der Waals surface area contributed by atoms with E-state index < -0.39 is 0 Å². The molecule has 0 amide bonds. The third-order valence-corrected chi connectivity index (χ3v) is 2.00. The summed E-state index contributed by atoms with van der Waals surface area (Å²) in [5.74, 6) is -0.333. The zero-order valence-corrected chi connectivity index (χ0v) is 9.73. The summed E-state index contributed by atoms with van der Waals surface area (Å²) in [5, 5.41) is 0. The van der Waals surface area contributed by atoms with Crippen LogP contribution in [0.4, 0.5) is 5.69 Å². The Morgan fingerprint density at radius 1 is 1.31 bits per heavy atom. The molecule has 0 unspecified atom stereocenters. The second kappa shape index (κ2) is 5.85. The van der Waals surface area contributed by atoms with Gasteiger partial charge in [0.1, 0.15) is 0 Å². The molecule has 3 heteroatoms. The molecule has 0 aromatic heterocycles. The maximum Gasteiger partial charge on any atom is 0.337 e. The fraction of sp³-hybridized carbons (Fsp3) is 0.231. The predicted molar refractivity (Wildman–Crippen MR) is 65.4 cm³/mol. The van der Waals surface area contributed by atoms with E-state index in [-0.39, 0.29) is 5.97 Å². The highest BCUT2D eigenvalue weighted by Gasteiger charge is 2.03. The Morgan fingerprint density at radius 2 is 1.94 bits per heavy atom. The lowest BCUT2D eigenvalue weighted by Crippen LogP contribution is -1.99. The van der Waals surface area contributed by atoms with Crippen LogP contribution in [0.1, 0.15) is 24.2 Å². The zero-order valence-electron chi connectivity index (χ0n) is 9.73. The number of allylic oxidation sites excluding steroid dienone is 2. The summed E-state index contributed by atoms with van der Waals surface area (Å²) in [6.07, 6.45) is 3.86. The quantitative estimate of drug-likeness (QED) is 0.576. The van der Waals surface area contributed by atoms with E-state index in [1.54, 1.807) is 24.3 Å². The molecule has 0 aliphatic carbocycles. The van der Waals surface area contributed by atoms with Gasteiger partial charge >= 0.3 is 5.97 Å². The lowest BCUT2D eigenvalue weighted by Gasteiger charge is -1.99. The lowest BCUT2D eigenvalue weighted by atomic mass is 10.2. The molecule has 0 aliphatic heterocycles. The van der Waals surface area contributed by atoms with Crippen LogP contribution in [0.15, 0.2) is 41.4 Å². The van der Waals surface area contributed by atoms with Crippen LogP contribution in [0.5, 0.6) is 0 Å². The molecule has 1 rings (SSSR count). The average Bonchev–Trinajstić information content (AvgIpc) is 2.29. The maximum absolute atomic E-state index is 11.2. The third-order valence-electron chi connectivity index (χ3n) is 2.00. The van der Waals surface area contributed by atoms with Gasteiger partial charge in [0.2, 0.25) is 0 Å². The van der Waals surface area contributed by atoms with E-state index in [1.165, 1.54) is 7.11 Å². The fourth-order valence-electron chi connectivity index (χ4n) is 1.27. The number of aliphatic imine (C=N–C) groups is 1. The van der Waals surface area contributed by atoms with Crippen LogP contribution in [0, 0.1) is 0 Å². The molecule has 3 nitrogen and oxygen atoms in total. The van der Waals surface area contributed by atoms with E-state index in [4.69, 9.17) is 0 Å². The van der Waals surface area contributed by atoms with Crippen LogP contribution < -0.4 is 0 Å². The Labute approximate surface area is 95.5 Å². The first-order valence-electron chi connectivity index (χ1n) is 5.03. The van der Waals surface area contributed by atoms with Crippen LogP contribution in [-0.4, -0.2) is 18.8 Å². The zero-order chi connectivity index (χ0) is 12.0. The summed E-state index contributed by atoms with van der Waals surface area (Å²) in [6, 6.07) is 6.99. The van der Waals surface area contributed by atoms with Crippen LogP contribution >= 0.6 is 0 Å². The van der Waals surface area contributed by atoms with Crippen molar-refractivity contribution in [1.29, 1.82) is 0 Å². The van der Waals surface area contributed by atoms with E-state index in [0.29, 0.717) is 5.56 Å². The molecule has 0 atom stereocenters. The Morgan fingerprint density at radius 3 is 2.44 bits per heavy atom. The van der Waals surface area contributed by atoms with E-state index >= 15 is 0 Å². The highest BCUT2D eigenvalue weighted by atomic mass is 16.5. The minimum atomic E-state index is -0.333. The summed E-state index contributed by atoms with van der Waals surface area (Å²) in [5.41, 5.74) is 2.28. The van der Waals surface area contributed by atoms with Crippen LogP contribution in [0.3, 0.4) is 0 Å². The van der Waals surface area contributed by atoms with E-state index in [2.05, 4.69) is 9.73 Å². The molecule has 0 spiro atoms. The first-order valence-corrected chi connectivity index (χ1v) is 5.03. The molecule has 0 N–H and O–H groups in total. The average molecular weight is 217 g/mol. The number of carbonyl (C=O) groups excluding carboxylic acids is 1. The van der Waals surface area contributed by atoms with Gasteiger partial charge in [0.15, 0.2) is 0 Å². The van der Waals surface area contributed by atoms with Crippen molar-refractivity contribution >= 4 is 17.4 Å². The van der Waals surface area contributed by atoms with Crippen molar-refractivity contribution in [3.05, 3.63) is 42.0 Å². The van der Waals surface area contributed by atoms with Crippen molar-refractivity contribution < 1.29 is 9.53 Å². The van der Waals surface area contributed by atoms with Gasteiger partial charge in [0.05, 0.1) is 18.4 Å². The Bertz CT molecular complexity index is 416.